The van der Waals surface area contributed by atoms with Gasteiger partial charge in [0.25, 0.3) is 5.56 Å². The standard InChI is InChI=1S/C19H18N4O2/c24-18(23-11-9-13-4-3-10-20-16(13)12-23)8-7-17-21-15-6-2-1-5-14(15)19(25)22-17/h1-6,10H,7-9,11-12H2,(H,21,22,25). The summed E-state index contributed by atoms with van der Waals surface area (Å²) in [6.45, 7) is 1.26. The van der Waals surface area contributed by atoms with Crippen molar-refractivity contribution in [1.29, 1.82) is 0 Å². The maximum absolute atomic E-state index is 12.5. The van der Waals surface area contributed by atoms with Gasteiger partial charge < -0.3 is 9.88 Å². The average Bonchev–Trinajstić information content (AvgIpc) is 2.66. The van der Waals surface area contributed by atoms with Crippen molar-refractivity contribution in [2.24, 2.45) is 0 Å². The topological polar surface area (TPSA) is 79.0 Å². The van der Waals surface area contributed by atoms with Crippen LogP contribution in [0.15, 0.2) is 47.4 Å². The molecule has 6 nitrogen and oxygen atoms in total. The molecule has 0 fully saturated rings. The van der Waals surface area contributed by atoms with Gasteiger partial charge in [0.15, 0.2) is 0 Å². The van der Waals surface area contributed by atoms with Crippen molar-refractivity contribution in [3.63, 3.8) is 0 Å². The molecule has 126 valence electrons. The highest BCUT2D eigenvalue weighted by atomic mass is 16.2. The van der Waals surface area contributed by atoms with Crippen molar-refractivity contribution in [3.8, 4) is 0 Å². The fraction of sp³-hybridized carbons (Fsp3) is 0.263. The van der Waals surface area contributed by atoms with Crippen LogP contribution >= 0.6 is 0 Å². The van der Waals surface area contributed by atoms with Crippen LogP contribution in [-0.2, 0) is 24.2 Å². The van der Waals surface area contributed by atoms with Gasteiger partial charge in [0, 0.05) is 25.6 Å². The van der Waals surface area contributed by atoms with Gasteiger partial charge in [-0.3, -0.25) is 14.6 Å². The van der Waals surface area contributed by atoms with Crippen LogP contribution in [0.5, 0.6) is 0 Å². The van der Waals surface area contributed by atoms with Crippen molar-refractivity contribution in [3.05, 3.63) is 70.0 Å². The first-order valence-corrected chi connectivity index (χ1v) is 8.39. The van der Waals surface area contributed by atoms with Crippen LogP contribution in [0, 0.1) is 0 Å². The summed E-state index contributed by atoms with van der Waals surface area (Å²) in [6, 6.07) is 11.2. The molecule has 3 heterocycles. The highest BCUT2D eigenvalue weighted by Gasteiger charge is 2.21. The number of nitrogens with zero attached hydrogens (tertiary/aromatic N) is 3. The zero-order valence-corrected chi connectivity index (χ0v) is 13.7. The van der Waals surface area contributed by atoms with Crippen LogP contribution in [0.25, 0.3) is 10.9 Å². The summed E-state index contributed by atoms with van der Waals surface area (Å²) in [7, 11) is 0. The van der Waals surface area contributed by atoms with Crippen LogP contribution in [0.4, 0.5) is 0 Å². The van der Waals surface area contributed by atoms with E-state index in [-0.39, 0.29) is 11.5 Å². The van der Waals surface area contributed by atoms with Crippen LogP contribution in [0.2, 0.25) is 0 Å². The molecule has 0 aliphatic carbocycles. The molecule has 1 aliphatic heterocycles. The first kappa shape index (κ1) is 15.5. The van der Waals surface area contributed by atoms with Gasteiger partial charge in [-0.25, -0.2) is 4.98 Å². The first-order valence-electron chi connectivity index (χ1n) is 8.39. The number of carbonyl (C=O) groups is 1. The summed E-state index contributed by atoms with van der Waals surface area (Å²) in [5.41, 5.74) is 2.68. The number of nitrogens with one attached hydrogen (secondary N) is 1. The number of fused-ring (bicyclic) bond motifs is 2. The Morgan fingerprint density at radius 2 is 2.08 bits per heavy atom. The minimum Gasteiger partial charge on any atom is -0.336 e. The summed E-state index contributed by atoms with van der Waals surface area (Å²) in [5, 5.41) is 0.566. The largest absolute Gasteiger partial charge is 0.336 e. The molecule has 1 amide bonds. The molecule has 1 aromatic carbocycles. The minimum absolute atomic E-state index is 0.0621. The first-order chi connectivity index (χ1) is 12.2. The third-order valence-electron chi connectivity index (χ3n) is 4.57. The number of H-pyrrole nitrogens is 1. The van der Waals surface area contributed by atoms with E-state index < -0.39 is 0 Å². The summed E-state index contributed by atoms with van der Waals surface area (Å²) in [6.07, 6.45) is 3.34. The highest BCUT2D eigenvalue weighted by Crippen LogP contribution is 2.17. The number of para-hydroxylation sites is 1. The molecule has 3 aromatic rings. The average molecular weight is 334 g/mol. The molecule has 0 saturated carbocycles. The molecule has 1 aliphatic rings. The second kappa shape index (κ2) is 6.47. The number of amides is 1. The molecule has 0 radical (unpaired) electrons. The van der Waals surface area contributed by atoms with E-state index in [2.05, 4.69) is 21.0 Å². The lowest BCUT2D eigenvalue weighted by atomic mass is 10.0. The third-order valence-corrected chi connectivity index (χ3v) is 4.57. The predicted molar refractivity (Wildman–Crippen MR) is 94.0 cm³/mol. The van der Waals surface area contributed by atoms with Crippen molar-refractivity contribution < 1.29 is 4.79 Å². The molecular formula is C19H18N4O2. The van der Waals surface area contributed by atoms with Crippen molar-refractivity contribution in [2.75, 3.05) is 6.54 Å². The summed E-state index contributed by atoms with van der Waals surface area (Å²) in [4.78, 5) is 38.0. The molecule has 0 spiro atoms. The number of hydrogen-bond donors (Lipinski definition) is 1. The highest BCUT2D eigenvalue weighted by molar-refractivity contribution is 5.78. The van der Waals surface area contributed by atoms with Crippen LogP contribution in [0.1, 0.15) is 23.5 Å². The van der Waals surface area contributed by atoms with Gasteiger partial charge in [0.2, 0.25) is 5.91 Å². The Hall–Kier alpha value is -3.02. The SMILES string of the molecule is O=C(CCc1nc2ccccc2c(=O)[nH]1)N1CCc2cccnc2C1. The van der Waals surface area contributed by atoms with Gasteiger partial charge in [0.05, 0.1) is 23.1 Å². The summed E-state index contributed by atoms with van der Waals surface area (Å²) in [5.74, 6) is 0.611. The fourth-order valence-corrected chi connectivity index (χ4v) is 3.21. The fourth-order valence-electron chi connectivity index (χ4n) is 3.21. The molecule has 0 unspecified atom stereocenters. The number of benzene rings is 1. The number of hydrogen-bond acceptors (Lipinski definition) is 4. The van der Waals surface area contributed by atoms with E-state index >= 15 is 0 Å². The van der Waals surface area contributed by atoms with E-state index in [4.69, 9.17) is 0 Å². The van der Waals surface area contributed by atoms with Gasteiger partial charge in [-0.2, -0.15) is 0 Å². The van der Waals surface area contributed by atoms with E-state index in [1.807, 2.05) is 29.2 Å². The quantitative estimate of drug-likeness (QED) is 0.793. The molecule has 0 bridgehead atoms. The van der Waals surface area contributed by atoms with Gasteiger partial charge in [-0.1, -0.05) is 18.2 Å². The number of aryl methyl sites for hydroxylation is 1. The molecule has 0 saturated heterocycles. The molecule has 0 atom stereocenters. The molecule has 2 aromatic heterocycles. The van der Waals surface area contributed by atoms with Gasteiger partial charge in [-0.05, 0) is 30.2 Å². The normalized spacial score (nSPS) is 13.7. The molecule has 6 heteroatoms. The van der Waals surface area contributed by atoms with Gasteiger partial charge in [-0.15, -0.1) is 0 Å². The van der Waals surface area contributed by atoms with Crippen LogP contribution in [0.3, 0.4) is 0 Å². The Balaban J connectivity index is 1.45. The Labute approximate surface area is 144 Å². The maximum atomic E-state index is 12.5. The maximum Gasteiger partial charge on any atom is 0.258 e. The van der Waals surface area contributed by atoms with Crippen molar-refractivity contribution >= 4 is 16.8 Å². The van der Waals surface area contributed by atoms with Crippen LogP contribution < -0.4 is 5.56 Å². The number of rotatable bonds is 3. The van der Waals surface area contributed by atoms with Gasteiger partial charge in [0.1, 0.15) is 5.82 Å². The number of pyridine rings is 1. The predicted octanol–water partition coefficient (Wildman–Crippen LogP) is 1.84. The van der Waals surface area contributed by atoms with E-state index in [9.17, 15) is 9.59 Å². The van der Waals surface area contributed by atoms with E-state index in [0.717, 1.165) is 12.1 Å². The number of aromatic amines is 1. The lowest BCUT2D eigenvalue weighted by Crippen LogP contribution is -2.36. The lowest BCUT2D eigenvalue weighted by Gasteiger charge is -2.28. The molecule has 4 rings (SSSR count). The third kappa shape index (κ3) is 3.15. The van der Waals surface area contributed by atoms with Gasteiger partial charge >= 0.3 is 0 Å². The Morgan fingerprint density at radius 1 is 1.20 bits per heavy atom. The number of carbonyl (C=O) groups excluding carboxylic acids is 1. The molecular weight excluding hydrogens is 316 g/mol. The smallest absolute Gasteiger partial charge is 0.258 e. The zero-order chi connectivity index (χ0) is 17.2. The van der Waals surface area contributed by atoms with E-state index in [1.165, 1.54) is 5.56 Å². The second-order valence-corrected chi connectivity index (χ2v) is 6.20. The van der Waals surface area contributed by atoms with E-state index in [0.29, 0.717) is 42.7 Å². The van der Waals surface area contributed by atoms with Crippen molar-refractivity contribution in [1.82, 2.24) is 19.9 Å². The number of aromatic nitrogens is 3. The minimum atomic E-state index is -0.163. The second-order valence-electron chi connectivity index (χ2n) is 6.20. The lowest BCUT2D eigenvalue weighted by molar-refractivity contribution is -0.132. The summed E-state index contributed by atoms with van der Waals surface area (Å²) >= 11 is 0. The summed E-state index contributed by atoms with van der Waals surface area (Å²) < 4.78 is 0. The van der Waals surface area contributed by atoms with Crippen molar-refractivity contribution in [2.45, 2.75) is 25.8 Å². The monoisotopic (exact) mass is 334 g/mol. The Morgan fingerprint density at radius 3 is 3.00 bits per heavy atom. The van der Waals surface area contributed by atoms with Crippen LogP contribution in [-0.4, -0.2) is 32.3 Å². The molecule has 1 N–H and O–H groups in total. The Bertz CT molecular complexity index is 996. The Kier molecular flexibility index (Phi) is 4.01. The zero-order valence-electron chi connectivity index (χ0n) is 13.7. The molecule has 25 heavy (non-hydrogen) atoms. The van der Waals surface area contributed by atoms with E-state index in [1.54, 1.807) is 12.3 Å².